The van der Waals surface area contributed by atoms with Gasteiger partial charge in [-0.25, -0.2) is 4.39 Å². The van der Waals surface area contributed by atoms with Gasteiger partial charge in [-0.1, -0.05) is 12.8 Å². The lowest BCUT2D eigenvalue weighted by Crippen LogP contribution is -1.99. The van der Waals surface area contributed by atoms with E-state index < -0.39 is 0 Å². The van der Waals surface area contributed by atoms with Gasteiger partial charge in [0, 0.05) is 18.4 Å². The predicted octanol–water partition coefficient (Wildman–Crippen LogP) is 3.94. The van der Waals surface area contributed by atoms with Crippen LogP contribution in [-0.2, 0) is 4.79 Å². The first kappa shape index (κ1) is 14.6. The van der Waals surface area contributed by atoms with Gasteiger partial charge >= 0.3 is 0 Å². The summed E-state index contributed by atoms with van der Waals surface area (Å²) in [6, 6.07) is 5.65. The molecule has 0 radical (unpaired) electrons. The molecular formula is C15H19FO2. The number of unbranched alkanes of at least 4 members (excludes halogenated alkanes) is 3. The van der Waals surface area contributed by atoms with Crippen LogP contribution < -0.4 is 0 Å². The van der Waals surface area contributed by atoms with Gasteiger partial charge in [-0.3, -0.25) is 4.79 Å². The number of carbonyl (C=O) groups is 2. The number of hydrogen-bond acceptors (Lipinski definition) is 2. The maximum absolute atomic E-state index is 12.7. The standard InChI is InChI=1S/C15H19FO2/c1-12(17)6-4-2-3-5-7-15(18)13-8-10-14(16)11-9-13/h8-11H,2-7H2,1H3. The van der Waals surface area contributed by atoms with Crippen molar-refractivity contribution in [2.45, 2.75) is 45.4 Å². The van der Waals surface area contributed by atoms with Gasteiger partial charge in [0.1, 0.15) is 11.6 Å². The normalized spacial score (nSPS) is 10.3. The maximum Gasteiger partial charge on any atom is 0.162 e. The first-order valence-corrected chi connectivity index (χ1v) is 6.38. The van der Waals surface area contributed by atoms with Crippen LogP contribution in [0.15, 0.2) is 24.3 Å². The van der Waals surface area contributed by atoms with E-state index in [9.17, 15) is 14.0 Å². The Hall–Kier alpha value is -1.51. The largest absolute Gasteiger partial charge is 0.300 e. The molecule has 1 rings (SSSR count). The molecule has 3 heteroatoms. The van der Waals surface area contributed by atoms with Crippen molar-refractivity contribution in [1.29, 1.82) is 0 Å². The summed E-state index contributed by atoms with van der Waals surface area (Å²) in [5.74, 6) is -0.0465. The predicted molar refractivity (Wildman–Crippen MR) is 69.1 cm³/mol. The zero-order valence-corrected chi connectivity index (χ0v) is 10.7. The van der Waals surface area contributed by atoms with E-state index in [2.05, 4.69) is 0 Å². The lowest BCUT2D eigenvalue weighted by atomic mass is 10.0. The Labute approximate surface area is 107 Å². The van der Waals surface area contributed by atoms with Crippen molar-refractivity contribution >= 4 is 11.6 Å². The van der Waals surface area contributed by atoms with Crippen LogP contribution in [0.3, 0.4) is 0 Å². The summed E-state index contributed by atoms with van der Waals surface area (Å²) >= 11 is 0. The van der Waals surface area contributed by atoms with Crippen LogP contribution in [0.4, 0.5) is 4.39 Å². The molecule has 0 amide bonds. The molecule has 0 fully saturated rings. The van der Waals surface area contributed by atoms with Crippen molar-refractivity contribution in [3.63, 3.8) is 0 Å². The fraction of sp³-hybridized carbons (Fsp3) is 0.467. The second-order valence-corrected chi connectivity index (χ2v) is 4.55. The number of Topliss-reactive ketones (excluding diaryl/α,β-unsaturated/α-hetero) is 2. The quantitative estimate of drug-likeness (QED) is 0.517. The van der Waals surface area contributed by atoms with Gasteiger partial charge in [-0.05, 0) is 44.0 Å². The molecule has 0 aliphatic heterocycles. The van der Waals surface area contributed by atoms with Gasteiger partial charge in [0.2, 0.25) is 0 Å². The van der Waals surface area contributed by atoms with E-state index in [4.69, 9.17) is 0 Å². The van der Waals surface area contributed by atoms with Crippen LogP contribution in [0.5, 0.6) is 0 Å². The highest BCUT2D eigenvalue weighted by Gasteiger charge is 2.05. The van der Waals surface area contributed by atoms with Crippen molar-refractivity contribution in [3.05, 3.63) is 35.6 Å². The summed E-state index contributed by atoms with van der Waals surface area (Å²) in [5.41, 5.74) is 0.570. The fourth-order valence-corrected chi connectivity index (χ4v) is 1.79. The zero-order valence-electron chi connectivity index (χ0n) is 10.7. The summed E-state index contributed by atoms with van der Waals surface area (Å²) in [6.45, 7) is 1.60. The van der Waals surface area contributed by atoms with Crippen LogP contribution in [0.2, 0.25) is 0 Å². The second kappa shape index (κ2) is 7.75. The van der Waals surface area contributed by atoms with E-state index in [1.54, 1.807) is 6.92 Å². The Morgan fingerprint density at radius 3 is 2.06 bits per heavy atom. The number of hydrogen-bond donors (Lipinski definition) is 0. The van der Waals surface area contributed by atoms with E-state index in [1.165, 1.54) is 24.3 Å². The van der Waals surface area contributed by atoms with E-state index in [1.807, 2.05) is 0 Å². The molecular weight excluding hydrogens is 231 g/mol. The number of ketones is 2. The Kier molecular flexibility index (Phi) is 6.26. The molecule has 0 aromatic heterocycles. The minimum absolute atomic E-state index is 0.0570. The van der Waals surface area contributed by atoms with Crippen molar-refractivity contribution in [2.75, 3.05) is 0 Å². The average Bonchev–Trinajstić information content (AvgIpc) is 2.34. The molecule has 0 spiro atoms. The van der Waals surface area contributed by atoms with E-state index in [0.717, 1.165) is 25.7 Å². The fourth-order valence-electron chi connectivity index (χ4n) is 1.79. The highest BCUT2D eigenvalue weighted by atomic mass is 19.1. The molecule has 0 heterocycles. The lowest BCUT2D eigenvalue weighted by molar-refractivity contribution is -0.117. The second-order valence-electron chi connectivity index (χ2n) is 4.55. The third-order valence-electron chi connectivity index (χ3n) is 2.85. The molecule has 0 saturated carbocycles. The third-order valence-corrected chi connectivity index (χ3v) is 2.85. The molecule has 0 atom stereocenters. The first-order chi connectivity index (χ1) is 8.59. The van der Waals surface area contributed by atoms with E-state index in [-0.39, 0.29) is 17.4 Å². The number of rotatable bonds is 8. The molecule has 0 aliphatic rings. The minimum atomic E-state index is -0.323. The molecule has 0 unspecified atom stereocenters. The van der Waals surface area contributed by atoms with Crippen LogP contribution in [0.25, 0.3) is 0 Å². The molecule has 1 aromatic rings. The van der Waals surface area contributed by atoms with Crippen molar-refractivity contribution in [1.82, 2.24) is 0 Å². The molecule has 98 valence electrons. The Morgan fingerprint density at radius 2 is 1.50 bits per heavy atom. The highest BCUT2D eigenvalue weighted by molar-refractivity contribution is 5.95. The molecule has 18 heavy (non-hydrogen) atoms. The van der Waals surface area contributed by atoms with Gasteiger partial charge in [0.15, 0.2) is 5.78 Å². The Bertz CT molecular complexity index is 395. The van der Waals surface area contributed by atoms with E-state index >= 15 is 0 Å². The summed E-state index contributed by atoms with van der Waals surface area (Å²) in [7, 11) is 0. The highest BCUT2D eigenvalue weighted by Crippen LogP contribution is 2.11. The van der Waals surface area contributed by atoms with Gasteiger partial charge in [-0.15, -0.1) is 0 Å². The van der Waals surface area contributed by atoms with Crippen LogP contribution >= 0.6 is 0 Å². The first-order valence-electron chi connectivity index (χ1n) is 6.38. The van der Waals surface area contributed by atoms with Gasteiger partial charge < -0.3 is 4.79 Å². The molecule has 0 bridgehead atoms. The van der Waals surface area contributed by atoms with Crippen molar-refractivity contribution < 1.29 is 14.0 Å². The summed E-state index contributed by atoms with van der Waals surface area (Å²) in [4.78, 5) is 22.4. The zero-order chi connectivity index (χ0) is 13.4. The van der Waals surface area contributed by atoms with Crippen LogP contribution in [0, 0.1) is 5.82 Å². The summed E-state index contributed by atoms with van der Waals surface area (Å²) in [5, 5.41) is 0. The van der Waals surface area contributed by atoms with Crippen LogP contribution in [0.1, 0.15) is 55.8 Å². The molecule has 0 N–H and O–H groups in total. The number of benzene rings is 1. The molecule has 2 nitrogen and oxygen atoms in total. The van der Waals surface area contributed by atoms with Gasteiger partial charge in [0.25, 0.3) is 0 Å². The van der Waals surface area contributed by atoms with Crippen LogP contribution in [-0.4, -0.2) is 11.6 Å². The van der Waals surface area contributed by atoms with Gasteiger partial charge in [-0.2, -0.15) is 0 Å². The van der Waals surface area contributed by atoms with Crippen molar-refractivity contribution in [2.24, 2.45) is 0 Å². The number of carbonyl (C=O) groups excluding carboxylic acids is 2. The van der Waals surface area contributed by atoms with E-state index in [0.29, 0.717) is 18.4 Å². The topological polar surface area (TPSA) is 34.1 Å². The number of halogens is 1. The monoisotopic (exact) mass is 250 g/mol. The molecule has 0 aliphatic carbocycles. The Balaban J connectivity index is 2.17. The molecule has 1 aromatic carbocycles. The molecule has 0 saturated heterocycles. The average molecular weight is 250 g/mol. The van der Waals surface area contributed by atoms with Gasteiger partial charge in [0.05, 0.1) is 0 Å². The smallest absolute Gasteiger partial charge is 0.162 e. The minimum Gasteiger partial charge on any atom is -0.300 e. The summed E-state index contributed by atoms with van der Waals surface area (Å²) < 4.78 is 12.7. The van der Waals surface area contributed by atoms with Crippen molar-refractivity contribution in [3.8, 4) is 0 Å². The third kappa shape index (κ3) is 5.71. The SMILES string of the molecule is CC(=O)CCCCCCC(=O)c1ccc(F)cc1. The Morgan fingerprint density at radius 1 is 0.944 bits per heavy atom. The lowest BCUT2D eigenvalue weighted by Gasteiger charge is -2.01. The maximum atomic E-state index is 12.7. The summed E-state index contributed by atoms with van der Waals surface area (Å²) in [6.07, 6.45) is 4.79.